The lowest BCUT2D eigenvalue weighted by Gasteiger charge is -2.40. The lowest BCUT2D eigenvalue weighted by atomic mass is 10.1. The third-order valence-corrected chi connectivity index (χ3v) is 7.16. The van der Waals surface area contributed by atoms with Gasteiger partial charge in [0.15, 0.2) is 0 Å². The van der Waals surface area contributed by atoms with Crippen LogP contribution in [-0.2, 0) is 22.4 Å². The van der Waals surface area contributed by atoms with Crippen LogP contribution in [0.1, 0.15) is 17.5 Å². The van der Waals surface area contributed by atoms with Crippen LogP contribution < -0.4 is 10.2 Å². The van der Waals surface area contributed by atoms with Gasteiger partial charge in [0.25, 0.3) is 5.91 Å². The summed E-state index contributed by atoms with van der Waals surface area (Å²) < 4.78 is 0. The highest BCUT2D eigenvalue weighted by molar-refractivity contribution is 8.03. The Morgan fingerprint density at radius 2 is 1.97 bits per heavy atom. The molecule has 0 radical (unpaired) electrons. The Balaban J connectivity index is 1.38. The van der Waals surface area contributed by atoms with Gasteiger partial charge in [-0.15, -0.1) is 11.8 Å². The molecule has 31 heavy (non-hydrogen) atoms. The van der Waals surface area contributed by atoms with Crippen molar-refractivity contribution in [3.63, 3.8) is 0 Å². The van der Waals surface area contributed by atoms with Gasteiger partial charge in [0, 0.05) is 10.7 Å². The summed E-state index contributed by atoms with van der Waals surface area (Å²) in [6.07, 6.45) is 5.04. The molecule has 2 aromatic carbocycles. The van der Waals surface area contributed by atoms with E-state index in [4.69, 9.17) is 11.6 Å². The molecule has 2 heterocycles. The average molecular weight is 454 g/mol. The second-order valence-corrected chi connectivity index (χ2v) is 9.31. The molecule has 8 heteroatoms. The molecule has 2 aromatic rings. The lowest BCUT2D eigenvalue weighted by molar-refractivity contribution is -0.121. The van der Waals surface area contributed by atoms with Gasteiger partial charge in [-0.3, -0.25) is 9.59 Å². The van der Waals surface area contributed by atoms with Crippen molar-refractivity contribution in [2.45, 2.75) is 30.6 Å². The SMILES string of the molecule is O=C(CN1C(=O)N(c2cccc(Cl)c2)C(=O)C2SC=CC21)Nc1ccc2c(c1)CCC2. The Kier molecular flexibility index (Phi) is 5.24. The smallest absolute Gasteiger partial charge is 0.325 e. The molecule has 158 valence electrons. The number of benzene rings is 2. The van der Waals surface area contributed by atoms with Crippen LogP contribution in [-0.4, -0.2) is 40.6 Å². The van der Waals surface area contributed by atoms with Crippen molar-refractivity contribution in [2.24, 2.45) is 0 Å². The highest BCUT2D eigenvalue weighted by atomic mass is 35.5. The van der Waals surface area contributed by atoms with Gasteiger partial charge in [0.2, 0.25) is 5.91 Å². The number of nitrogens with one attached hydrogen (secondary N) is 1. The standard InChI is InChI=1S/C23H20ClN3O3S/c24-16-5-2-6-18(12-16)27-22(29)21-19(9-10-31-21)26(23(27)30)13-20(28)25-17-8-7-14-3-1-4-15(14)11-17/h2,5-12,19,21H,1,3-4,13H2,(H,25,28). The fourth-order valence-corrected chi connectivity index (χ4v) is 5.60. The number of fused-ring (bicyclic) bond motifs is 2. The quantitative estimate of drug-likeness (QED) is 0.752. The number of aryl methyl sites for hydroxylation is 2. The zero-order chi connectivity index (χ0) is 21.5. The number of carbonyl (C=O) groups excluding carboxylic acids is 3. The third kappa shape index (κ3) is 3.72. The minimum absolute atomic E-state index is 0.146. The number of carbonyl (C=O) groups is 3. The first-order chi connectivity index (χ1) is 15.0. The van der Waals surface area contributed by atoms with Crippen LogP contribution in [0.25, 0.3) is 0 Å². The summed E-state index contributed by atoms with van der Waals surface area (Å²) in [7, 11) is 0. The third-order valence-electron chi connectivity index (χ3n) is 5.83. The van der Waals surface area contributed by atoms with E-state index >= 15 is 0 Å². The van der Waals surface area contributed by atoms with Crippen LogP contribution in [0.15, 0.2) is 53.9 Å². The number of rotatable bonds is 4. The second kappa shape index (κ2) is 8.05. The monoisotopic (exact) mass is 453 g/mol. The minimum Gasteiger partial charge on any atom is -0.325 e. The molecular formula is C23H20ClN3O3S. The number of hydrogen-bond acceptors (Lipinski definition) is 4. The van der Waals surface area contributed by atoms with E-state index in [-0.39, 0.29) is 18.4 Å². The zero-order valence-electron chi connectivity index (χ0n) is 16.6. The molecule has 5 rings (SSSR count). The predicted octanol–water partition coefficient (Wildman–Crippen LogP) is 4.23. The summed E-state index contributed by atoms with van der Waals surface area (Å²) in [5.41, 5.74) is 3.72. The van der Waals surface area contributed by atoms with Gasteiger partial charge in [-0.25, -0.2) is 9.69 Å². The van der Waals surface area contributed by atoms with Gasteiger partial charge in [-0.05, 0) is 66.1 Å². The van der Waals surface area contributed by atoms with E-state index in [0.29, 0.717) is 10.7 Å². The van der Waals surface area contributed by atoms with Crippen molar-refractivity contribution >= 4 is 52.6 Å². The van der Waals surface area contributed by atoms with E-state index in [0.717, 1.165) is 29.8 Å². The number of halogens is 1. The molecule has 1 fully saturated rings. The summed E-state index contributed by atoms with van der Waals surface area (Å²) in [6, 6.07) is 11.6. The maximum Gasteiger partial charge on any atom is 0.332 e. The maximum atomic E-state index is 13.3. The highest BCUT2D eigenvalue weighted by Crippen LogP contribution is 2.36. The second-order valence-electron chi connectivity index (χ2n) is 7.83. The van der Waals surface area contributed by atoms with Crippen molar-refractivity contribution in [2.75, 3.05) is 16.8 Å². The van der Waals surface area contributed by atoms with E-state index < -0.39 is 17.3 Å². The van der Waals surface area contributed by atoms with Crippen molar-refractivity contribution in [1.29, 1.82) is 0 Å². The highest BCUT2D eigenvalue weighted by Gasteiger charge is 2.48. The summed E-state index contributed by atoms with van der Waals surface area (Å²) in [6.45, 7) is -0.146. The van der Waals surface area contributed by atoms with Crippen LogP contribution in [0.2, 0.25) is 5.02 Å². The van der Waals surface area contributed by atoms with Gasteiger partial charge in [0.05, 0.1) is 11.7 Å². The fourth-order valence-electron chi connectivity index (χ4n) is 4.37. The number of anilines is 2. The molecule has 0 saturated carbocycles. The topological polar surface area (TPSA) is 69.7 Å². The van der Waals surface area contributed by atoms with Gasteiger partial charge < -0.3 is 10.2 Å². The molecule has 1 saturated heterocycles. The average Bonchev–Trinajstić information content (AvgIpc) is 3.41. The number of nitrogens with zero attached hydrogens (tertiary/aromatic N) is 2. The minimum atomic E-state index is -0.523. The molecule has 0 spiro atoms. The number of hydrogen-bond donors (Lipinski definition) is 1. The Labute approximate surface area is 189 Å². The first-order valence-electron chi connectivity index (χ1n) is 10.2. The van der Waals surface area contributed by atoms with Crippen molar-refractivity contribution in [1.82, 2.24) is 4.90 Å². The van der Waals surface area contributed by atoms with E-state index in [1.165, 1.54) is 27.8 Å². The zero-order valence-corrected chi connectivity index (χ0v) is 18.2. The molecule has 2 unspecified atom stereocenters. The van der Waals surface area contributed by atoms with Crippen molar-refractivity contribution in [3.8, 4) is 0 Å². The fraction of sp³-hybridized carbons (Fsp3) is 0.261. The van der Waals surface area contributed by atoms with Gasteiger partial charge in [-0.1, -0.05) is 29.8 Å². The van der Waals surface area contributed by atoms with E-state index in [1.807, 2.05) is 23.6 Å². The summed E-state index contributed by atoms with van der Waals surface area (Å²) >= 11 is 7.43. The van der Waals surface area contributed by atoms with Crippen LogP contribution in [0.5, 0.6) is 0 Å². The van der Waals surface area contributed by atoms with Crippen LogP contribution in [0.4, 0.5) is 16.2 Å². The van der Waals surface area contributed by atoms with Crippen LogP contribution >= 0.6 is 23.4 Å². The van der Waals surface area contributed by atoms with Gasteiger partial charge in [0.1, 0.15) is 11.8 Å². The number of urea groups is 1. The van der Waals surface area contributed by atoms with Crippen molar-refractivity contribution < 1.29 is 14.4 Å². The van der Waals surface area contributed by atoms with Crippen LogP contribution in [0.3, 0.4) is 0 Å². The molecule has 0 bridgehead atoms. The van der Waals surface area contributed by atoms with E-state index in [1.54, 1.807) is 24.3 Å². The first-order valence-corrected chi connectivity index (χ1v) is 11.5. The Morgan fingerprint density at radius 3 is 2.81 bits per heavy atom. The van der Waals surface area contributed by atoms with Gasteiger partial charge >= 0.3 is 6.03 Å². The molecule has 1 N–H and O–H groups in total. The number of amides is 4. The van der Waals surface area contributed by atoms with Crippen molar-refractivity contribution in [3.05, 3.63) is 70.1 Å². The number of imide groups is 1. The van der Waals surface area contributed by atoms with E-state index in [9.17, 15) is 14.4 Å². The number of thioether (sulfide) groups is 1. The summed E-state index contributed by atoms with van der Waals surface area (Å²) in [4.78, 5) is 41.7. The van der Waals surface area contributed by atoms with Crippen LogP contribution in [0, 0.1) is 0 Å². The molecule has 2 atom stereocenters. The first kappa shape index (κ1) is 20.2. The Hall–Kier alpha value is -2.77. The molecule has 4 amide bonds. The molecule has 6 nitrogen and oxygen atoms in total. The molecule has 2 aliphatic heterocycles. The lowest BCUT2D eigenvalue weighted by Crippen LogP contribution is -2.63. The van der Waals surface area contributed by atoms with Gasteiger partial charge in [-0.2, -0.15) is 0 Å². The normalized spacial score (nSPS) is 22.0. The molecule has 0 aromatic heterocycles. The predicted molar refractivity (Wildman–Crippen MR) is 122 cm³/mol. The summed E-state index contributed by atoms with van der Waals surface area (Å²) in [5, 5.41) is 4.67. The summed E-state index contributed by atoms with van der Waals surface area (Å²) in [5.74, 6) is -0.599. The molecular weight excluding hydrogens is 434 g/mol. The molecule has 3 aliphatic rings. The largest absolute Gasteiger partial charge is 0.332 e. The maximum absolute atomic E-state index is 13.3. The van der Waals surface area contributed by atoms with E-state index in [2.05, 4.69) is 11.4 Å². The Morgan fingerprint density at radius 1 is 1.13 bits per heavy atom. The molecule has 1 aliphatic carbocycles. The Bertz CT molecular complexity index is 1120.